The molecule has 7 nitrogen and oxygen atoms in total. The summed E-state index contributed by atoms with van der Waals surface area (Å²) in [5, 5.41) is 11.0. The van der Waals surface area contributed by atoms with Gasteiger partial charge >= 0.3 is 0 Å². The summed E-state index contributed by atoms with van der Waals surface area (Å²) in [6.45, 7) is 5.11. The quantitative estimate of drug-likeness (QED) is 0.734. The first-order valence-electron chi connectivity index (χ1n) is 9.14. The molecule has 1 aromatic heterocycles. The summed E-state index contributed by atoms with van der Waals surface area (Å²) >= 11 is 0. The number of nitrogens with zero attached hydrogens (tertiary/aromatic N) is 4. The summed E-state index contributed by atoms with van der Waals surface area (Å²) < 4.78 is 7.04. The van der Waals surface area contributed by atoms with E-state index in [0.717, 1.165) is 32.0 Å². The van der Waals surface area contributed by atoms with Crippen LogP contribution in [-0.4, -0.2) is 65.5 Å². The molecule has 2 rings (SSSR count). The summed E-state index contributed by atoms with van der Waals surface area (Å²) in [4.78, 5) is 14.5. The summed E-state index contributed by atoms with van der Waals surface area (Å²) in [5.41, 5.74) is 0. The maximum absolute atomic E-state index is 12.0. The van der Waals surface area contributed by atoms with Gasteiger partial charge in [0.1, 0.15) is 12.2 Å². The first-order chi connectivity index (χ1) is 11.8. The van der Waals surface area contributed by atoms with Crippen molar-refractivity contribution in [3.63, 3.8) is 0 Å². The number of aromatic nitrogens is 3. The average molecular weight is 337 g/mol. The standard InChI is InChI=1S/C17H31N5O2/c1-24-14-13-22-15-19-20-16(22)7-9-18-17(23)8-12-21-10-5-3-2-4-6-11-21/h15H,2-14H2,1H3,(H,18,23). The molecule has 1 fully saturated rings. The molecule has 136 valence electrons. The predicted octanol–water partition coefficient (Wildman–Crippen LogP) is 1.24. The van der Waals surface area contributed by atoms with Crippen LogP contribution in [0.5, 0.6) is 0 Å². The number of hydrogen-bond acceptors (Lipinski definition) is 5. The van der Waals surface area contributed by atoms with Crippen molar-refractivity contribution >= 4 is 5.91 Å². The van der Waals surface area contributed by atoms with E-state index in [9.17, 15) is 4.79 Å². The van der Waals surface area contributed by atoms with Crippen molar-refractivity contribution in [3.8, 4) is 0 Å². The van der Waals surface area contributed by atoms with Gasteiger partial charge in [-0.05, 0) is 25.9 Å². The van der Waals surface area contributed by atoms with E-state index in [1.807, 2.05) is 4.57 Å². The molecule has 1 N–H and O–H groups in total. The minimum Gasteiger partial charge on any atom is -0.383 e. The van der Waals surface area contributed by atoms with Crippen LogP contribution >= 0.6 is 0 Å². The van der Waals surface area contributed by atoms with Crippen molar-refractivity contribution in [1.82, 2.24) is 25.0 Å². The van der Waals surface area contributed by atoms with Gasteiger partial charge in [0.05, 0.1) is 6.61 Å². The average Bonchev–Trinajstić information content (AvgIpc) is 2.99. The lowest BCUT2D eigenvalue weighted by Crippen LogP contribution is -2.33. The summed E-state index contributed by atoms with van der Waals surface area (Å²) in [6, 6.07) is 0. The Kier molecular flexibility index (Phi) is 8.76. The van der Waals surface area contributed by atoms with E-state index in [4.69, 9.17) is 4.74 Å². The molecule has 0 bridgehead atoms. The Hall–Kier alpha value is -1.47. The molecule has 1 amide bonds. The molecular formula is C17H31N5O2. The molecule has 1 aromatic rings. The normalized spacial score (nSPS) is 16.5. The molecule has 0 aromatic carbocycles. The smallest absolute Gasteiger partial charge is 0.221 e. The van der Waals surface area contributed by atoms with E-state index in [-0.39, 0.29) is 5.91 Å². The highest BCUT2D eigenvalue weighted by molar-refractivity contribution is 5.76. The Morgan fingerprint density at radius 1 is 1.21 bits per heavy atom. The fourth-order valence-corrected chi connectivity index (χ4v) is 3.05. The highest BCUT2D eigenvalue weighted by Crippen LogP contribution is 2.10. The lowest BCUT2D eigenvalue weighted by Gasteiger charge is -2.24. The topological polar surface area (TPSA) is 72.3 Å². The molecule has 0 atom stereocenters. The Morgan fingerprint density at radius 3 is 2.71 bits per heavy atom. The molecule has 1 aliphatic heterocycles. The molecule has 1 saturated heterocycles. The fourth-order valence-electron chi connectivity index (χ4n) is 3.05. The van der Waals surface area contributed by atoms with E-state index in [1.54, 1.807) is 13.4 Å². The number of carbonyl (C=O) groups is 1. The summed E-state index contributed by atoms with van der Waals surface area (Å²) in [6.07, 6.45) is 9.52. The van der Waals surface area contributed by atoms with Crippen LogP contribution in [0.4, 0.5) is 0 Å². The number of likely N-dealkylation sites (tertiary alicyclic amines) is 1. The Labute approximate surface area is 144 Å². The Balaban J connectivity index is 1.61. The number of nitrogens with one attached hydrogen (secondary N) is 1. The fraction of sp³-hybridized carbons (Fsp3) is 0.824. The van der Waals surface area contributed by atoms with Gasteiger partial charge in [-0.2, -0.15) is 0 Å². The first kappa shape index (κ1) is 18.9. The maximum Gasteiger partial charge on any atom is 0.221 e. The zero-order valence-corrected chi connectivity index (χ0v) is 14.9. The van der Waals surface area contributed by atoms with Crippen LogP contribution in [0.2, 0.25) is 0 Å². The minimum absolute atomic E-state index is 0.125. The van der Waals surface area contributed by atoms with Gasteiger partial charge in [0.15, 0.2) is 0 Å². The summed E-state index contributed by atoms with van der Waals surface area (Å²) in [7, 11) is 1.68. The van der Waals surface area contributed by atoms with E-state index in [2.05, 4.69) is 20.4 Å². The van der Waals surface area contributed by atoms with Crippen LogP contribution in [-0.2, 0) is 22.5 Å². The monoisotopic (exact) mass is 337 g/mol. The SMILES string of the molecule is COCCn1cnnc1CCNC(=O)CCN1CCCCCCC1. The van der Waals surface area contributed by atoms with Gasteiger partial charge in [-0.1, -0.05) is 19.3 Å². The Bertz CT molecular complexity index is 469. The van der Waals surface area contributed by atoms with Crippen molar-refractivity contribution in [1.29, 1.82) is 0 Å². The van der Waals surface area contributed by atoms with Crippen molar-refractivity contribution in [2.45, 2.75) is 51.5 Å². The number of rotatable bonds is 9. The van der Waals surface area contributed by atoms with Crippen LogP contribution < -0.4 is 5.32 Å². The predicted molar refractivity (Wildman–Crippen MR) is 92.8 cm³/mol. The third kappa shape index (κ3) is 6.97. The third-order valence-electron chi connectivity index (χ3n) is 4.51. The highest BCUT2D eigenvalue weighted by Gasteiger charge is 2.10. The van der Waals surface area contributed by atoms with Crippen LogP contribution in [0.1, 0.15) is 44.3 Å². The van der Waals surface area contributed by atoms with Crippen LogP contribution in [0.3, 0.4) is 0 Å². The van der Waals surface area contributed by atoms with Gasteiger partial charge < -0.3 is 19.5 Å². The zero-order chi connectivity index (χ0) is 17.0. The lowest BCUT2D eigenvalue weighted by atomic mass is 10.1. The molecule has 1 aliphatic rings. The van der Waals surface area contributed by atoms with E-state index in [0.29, 0.717) is 26.0 Å². The lowest BCUT2D eigenvalue weighted by molar-refractivity contribution is -0.121. The number of carbonyl (C=O) groups excluding carboxylic acids is 1. The molecule has 0 unspecified atom stereocenters. The number of ether oxygens (including phenoxy) is 1. The minimum atomic E-state index is 0.125. The van der Waals surface area contributed by atoms with Crippen molar-refractivity contribution < 1.29 is 9.53 Å². The second-order valence-electron chi connectivity index (χ2n) is 6.39. The van der Waals surface area contributed by atoms with Gasteiger partial charge in [-0.15, -0.1) is 10.2 Å². The second-order valence-corrected chi connectivity index (χ2v) is 6.39. The molecular weight excluding hydrogens is 306 g/mol. The maximum atomic E-state index is 12.0. The van der Waals surface area contributed by atoms with E-state index < -0.39 is 0 Å². The first-order valence-corrected chi connectivity index (χ1v) is 9.14. The van der Waals surface area contributed by atoms with Crippen LogP contribution in [0, 0.1) is 0 Å². The van der Waals surface area contributed by atoms with Crippen LogP contribution in [0.25, 0.3) is 0 Å². The number of methoxy groups -OCH3 is 1. The molecule has 2 heterocycles. The third-order valence-corrected chi connectivity index (χ3v) is 4.51. The number of amides is 1. The van der Waals surface area contributed by atoms with E-state index >= 15 is 0 Å². The molecule has 0 spiro atoms. The Morgan fingerprint density at radius 2 is 1.96 bits per heavy atom. The van der Waals surface area contributed by atoms with E-state index in [1.165, 1.54) is 32.1 Å². The number of hydrogen-bond donors (Lipinski definition) is 1. The van der Waals surface area contributed by atoms with Gasteiger partial charge in [0, 0.05) is 39.6 Å². The van der Waals surface area contributed by atoms with Crippen molar-refractivity contribution in [2.75, 3.05) is 39.9 Å². The second kappa shape index (κ2) is 11.1. The summed E-state index contributed by atoms with van der Waals surface area (Å²) in [5.74, 6) is 1.01. The molecule has 24 heavy (non-hydrogen) atoms. The molecule has 0 radical (unpaired) electrons. The van der Waals surface area contributed by atoms with Gasteiger partial charge in [0.2, 0.25) is 5.91 Å². The molecule has 0 saturated carbocycles. The van der Waals surface area contributed by atoms with Gasteiger partial charge in [0.25, 0.3) is 0 Å². The van der Waals surface area contributed by atoms with Gasteiger partial charge in [-0.25, -0.2) is 0 Å². The molecule has 0 aliphatic carbocycles. The zero-order valence-electron chi connectivity index (χ0n) is 14.9. The van der Waals surface area contributed by atoms with Crippen molar-refractivity contribution in [2.24, 2.45) is 0 Å². The van der Waals surface area contributed by atoms with Crippen molar-refractivity contribution in [3.05, 3.63) is 12.2 Å². The largest absolute Gasteiger partial charge is 0.383 e. The molecule has 7 heteroatoms. The van der Waals surface area contributed by atoms with Crippen LogP contribution in [0.15, 0.2) is 6.33 Å². The van der Waals surface area contributed by atoms with Gasteiger partial charge in [-0.3, -0.25) is 4.79 Å². The highest BCUT2D eigenvalue weighted by atomic mass is 16.5.